The van der Waals surface area contributed by atoms with E-state index in [0.29, 0.717) is 24.4 Å². The Kier molecular flexibility index (Phi) is 4.90. The average Bonchev–Trinajstić information content (AvgIpc) is 2.55. The summed E-state index contributed by atoms with van der Waals surface area (Å²) in [4.78, 5) is 4.22. The zero-order chi connectivity index (χ0) is 17.3. The number of benzene rings is 1. The Balaban J connectivity index is 1.99. The topological polar surface area (TPSA) is 62.3 Å². The Labute approximate surface area is 144 Å². The molecule has 1 aromatic heterocycles. The molecule has 0 spiro atoms. The predicted octanol–water partition coefficient (Wildman–Crippen LogP) is 2.63. The number of piperazine rings is 1. The van der Waals surface area contributed by atoms with Gasteiger partial charge in [-0.2, -0.15) is 4.31 Å². The number of sulfonamides is 1. The number of aromatic nitrogens is 1. The van der Waals surface area contributed by atoms with E-state index in [1.165, 1.54) is 0 Å². The van der Waals surface area contributed by atoms with Crippen LogP contribution in [0.25, 0.3) is 10.8 Å². The van der Waals surface area contributed by atoms with Crippen molar-refractivity contribution in [2.24, 2.45) is 5.92 Å². The van der Waals surface area contributed by atoms with E-state index in [9.17, 15) is 8.42 Å². The summed E-state index contributed by atoms with van der Waals surface area (Å²) in [7, 11) is -3.62. The van der Waals surface area contributed by atoms with E-state index in [1.807, 2.05) is 37.3 Å². The van der Waals surface area contributed by atoms with Crippen molar-refractivity contribution in [3.05, 3.63) is 36.5 Å². The zero-order valence-electron chi connectivity index (χ0n) is 14.4. The van der Waals surface area contributed by atoms with Crippen LogP contribution in [0.4, 0.5) is 0 Å². The number of nitrogens with zero attached hydrogens (tertiary/aromatic N) is 2. The molecule has 2 heterocycles. The molecule has 1 aromatic carbocycles. The Morgan fingerprint density at radius 2 is 2.04 bits per heavy atom. The number of pyridine rings is 1. The third-order valence-corrected chi connectivity index (χ3v) is 6.48. The summed E-state index contributed by atoms with van der Waals surface area (Å²) in [6.07, 6.45) is 2.54. The second-order valence-corrected chi connectivity index (χ2v) is 8.80. The van der Waals surface area contributed by atoms with E-state index in [1.54, 1.807) is 10.5 Å². The second-order valence-electron chi connectivity index (χ2n) is 7.00. The van der Waals surface area contributed by atoms with Gasteiger partial charge in [0.2, 0.25) is 0 Å². The molecule has 0 aliphatic carbocycles. The fourth-order valence-electron chi connectivity index (χ4n) is 3.37. The summed E-state index contributed by atoms with van der Waals surface area (Å²) in [6, 6.07) is 9.45. The monoisotopic (exact) mass is 347 g/mol. The van der Waals surface area contributed by atoms with Gasteiger partial charge in [-0.3, -0.25) is 0 Å². The van der Waals surface area contributed by atoms with Crippen LogP contribution in [0.5, 0.6) is 0 Å². The lowest BCUT2D eigenvalue weighted by atomic mass is 10.0. The maximum atomic E-state index is 13.3. The van der Waals surface area contributed by atoms with Gasteiger partial charge in [-0.1, -0.05) is 38.1 Å². The first kappa shape index (κ1) is 17.3. The van der Waals surface area contributed by atoms with Crippen LogP contribution in [0.2, 0.25) is 0 Å². The Morgan fingerprint density at radius 3 is 2.79 bits per heavy atom. The normalized spacial score (nSPS) is 23.0. The van der Waals surface area contributed by atoms with Gasteiger partial charge in [0.25, 0.3) is 10.0 Å². The van der Waals surface area contributed by atoms with Gasteiger partial charge in [0.15, 0.2) is 5.03 Å². The molecule has 2 atom stereocenters. The van der Waals surface area contributed by atoms with Gasteiger partial charge in [0.1, 0.15) is 0 Å². The molecule has 0 amide bonds. The molecule has 1 aliphatic heterocycles. The van der Waals surface area contributed by atoms with Gasteiger partial charge < -0.3 is 5.32 Å². The maximum Gasteiger partial charge on any atom is 0.261 e. The summed E-state index contributed by atoms with van der Waals surface area (Å²) in [5.41, 5.74) is 0. The highest BCUT2D eigenvalue weighted by molar-refractivity contribution is 7.89. The molecular weight excluding hydrogens is 322 g/mol. The van der Waals surface area contributed by atoms with E-state index in [4.69, 9.17) is 0 Å². The minimum absolute atomic E-state index is 0.0841. The van der Waals surface area contributed by atoms with Crippen molar-refractivity contribution in [3.63, 3.8) is 0 Å². The molecule has 0 saturated carbocycles. The minimum atomic E-state index is -3.62. The van der Waals surface area contributed by atoms with Crippen LogP contribution in [0, 0.1) is 5.92 Å². The van der Waals surface area contributed by atoms with E-state index in [2.05, 4.69) is 24.1 Å². The number of nitrogens with one attached hydrogen (secondary N) is 1. The lowest BCUT2D eigenvalue weighted by Crippen LogP contribution is -2.57. The quantitative estimate of drug-likeness (QED) is 0.923. The highest BCUT2D eigenvalue weighted by Gasteiger charge is 2.36. The molecule has 5 nitrogen and oxygen atoms in total. The summed E-state index contributed by atoms with van der Waals surface area (Å²) in [5, 5.41) is 5.21. The van der Waals surface area contributed by atoms with Gasteiger partial charge in [0.05, 0.1) is 0 Å². The predicted molar refractivity (Wildman–Crippen MR) is 96.3 cm³/mol. The van der Waals surface area contributed by atoms with Gasteiger partial charge in [0, 0.05) is 36.8 Å². The summed E-state index contributed by atoms with van der Waals surface area (Å²) < 4.78 is 28.2. The number of hydrogen-bond acceptors (Lipinski definition) is 4. The van der Waals surface area contributed by atoms with Gasteiger partial charge in [-0.25, -0.2) is 13.4 Å². The molecule has 3 rings (SSSR count). The average molecular weight is 347 g/mol. The number of rotatable bonds is 4. The molecule has 0 radical (unpaired) electrons. The van der Waals surface area contributed by atoms with Crippen LogP contribution in [-0.4, -0.2) is 42.9 Å². The van der Waals surface area contributed by atoms with Gasteiger partial charge >= 0.3 is 0 Å². The van der Waals surface area contributed by atoms with E-state index in [0.717, 1.165) is 11.8 Å². The number of fused-ring (bicyclic) bond motifs is 1. The Morgan fingerprint density at radius 1 is 1.29 bits per heavy atom. The fraction of sp³-hybridized carbons (Fsp3) is 0.500. The van der Waals surface area contributed by atoms with Crippen molar-refractivity contribution >= 4 is 20.8 Å². The first-order valence-electron chi connectivity index (χ1n) is 8.48. The molecule has 1 saturated heterocycles. The largest absolute Gasteiger partial charge is 0.311 e. The molecule has 2 unspecified atom stereocenters. The lowest BCUT2D eigenvalue weighted by molar-refractivity contribution is 0.218. The smallest absolute Gasteiger partial charge is 0.261 e. The molecule has 130 valence electrons. The molecule has 6 heteroatoms. The van der Waals surface area contributed by atoms with Crippen molar-refractivity contribution < 1.29 is 8.42 Å². The standard InChI is InChI=1S/C18H25N3O2S/c1-13(2)10-16-12-21(14(3)11-20-16)24(22,23)18-17-7-5-4-6-15(17)8-9-19-18/h4-9,13-14,16,20H,10-12H2,1-3H3. The number of hydrogen-bond donors (Lipinski definition) is 1. The van der Waals surface area contributed by atoms with E-state index < -0.39 is 10.0 Å². The summed E-state index contributed by atoms with van der Waals surface area (Å²) in [5.74, 6) is 0.524. The van der Waals surface area contributed by atoms with Crippen LogP contribution in [0.15, 0.2) is 41.6 Å². The van der Waals surface area contributed by atoms with Crippen molar-refractivity contribution in [3.8, 4) is 0 Å². The molecule has 24 heavy (non-hydrogen) atoms. The minimum Gasteiger partial charge on any atom is -0.311 e. The molecule has 1 fully saturated rings. The highest BCUT2D eigenvalue weighted by Crippen LogP contribution is 2.26. The highest BCUT2D eigenvalue weighted by atomic mass is 32.2. The third kappa shape index (κ3) is 3.31. The van der Waals surface area contributed by atoms with Crippen molar-refractivity contribution in [2.45, 2.75) is 44.3 Å². The van der Waals surface area contributed by atoms with Crippen LogP contribution >= 0.6 is 0 Å². The molecule has 1 N–H and O–H groups in total. The second kappa shape index (κ2) is 6.78. The van der Waals surface area contributed by atoms with Crippen molar-refractivity contribution in [2.75, 3.05) is 13.1 Å². The van der Waals surface area contributed by atoms with E-state index in [-0.39, 0.29) is 17.1 Å². The summed E-state index contributed by atoms with van der Waals surface area (Å²) in [6.45, 7) is 7.42. The third-order valence-electron chi connectivity index (χ3n) is 4.54. The first-order chi connectivity index (χ1) is 11.4. The maximum absolute atomic E-state index is 13.3. The molecule has 1 aliphatic rings. The van der Waals surface area contributed by atoms with Gasteiger partial charge in [-0.15, -0.1) is 0 Å². The van der Waals surface area contributed by atoms with Gasteiger partial charge in [-0.05, 0) is 30.7 Å². The van der Waals surface area contributed by atoms with E-state index >= 15 is 0 Å². The first-order valence-corrected chi connectivity index (χ1v) is 9.92. The van der Waals surface area contributed by atoms with Crippen LogP contribution in [0.3, 0.4) is 0 Å². The summed E-state index contributed by atoms with van der Waals surface area (Å²) >= 11 is 0. The molecule has 2 aromatic rings. The lowest BCUT2D eigenvalue weighted by Gasteiger charge is -2.38. The van der Waals surface area contributed by atoms with Crippen LogP contribution < -0.4 is 5.32 Å². The molecule has 0 bridgehead atoms. The fourth-order valence-corrected chi connectivity index (χ4v) is 5.18. The van der Waals surface area contributed by atoms with Crippen LogP contribution in [-0.2, 0) is 10.0 Å². The zero-order valence-corrected chi connectivity index (χ0v) is 15.3. The van der Waals surface area contributed by atoms with Crippen LogP contribution in [0.1, 0.15) is 27.2 Å². The SMILES string of the molecule is CC(C)CC1CN(S(=O)(=O)c2nccc3ccccc23)C(C)CN1. The van der Waals surface area contributed by atoms with Crippen molar-refractivity contribution in [1.29, 1.82) is 0 Å². The Bertz CT molecular complexity index is 815. The van der Waals surface area contributed by atoms with Crippen molar-refractivity contribution in [1.82, 2.24) is 14.6 Å². The molecular formula is C18H25N3O2S. The Hall–Kier alpha value is -1.50.